The third-order valence-corrected chi connectivity index (χ3v) is 6.33. The van der Waals surface area contributed by atoms with Gasteiger partial charge in [-0.1, -0.05) is 42.5 Å². The molecular weight excluding hydrogens is 408 g/mol. The molecule has 1 amide bonds. The predicted molar refractivity (Wildman–Crippen MR) is 124 cm³/mol. The monoisotopic (exact) mass is 432 g/mol. The largest absolute Gasteiger partial charge is 0.427 e. The number of hydrogen-bond acceptors (Lipinski definition) is 5. The number of amides is 1. The van der Waals surface area contributed by atoms with Crippen LogP contribution < -0.4 is 10.1 Å². The number of nitrogens with zero attached hydrogens (tertiary/aromatic N) is 1. The van der Waals surface area contributed by atoms with Gasteiger partial charge in [-0.05, 0) is 54.5 Å². The molecule has 0 unspecified atom stereocenters. The number of rotatable bonds is 6. The van der Waals surface area contributed by atoms with E-state index in [1.54, 1.807) is 29.7 Å². The molecule has 0 spiro atoms. The van der Waals surface area contributed by atoms with Crippen LogP contribution >= 0.6 is 11.3 Å². The molecule has 0 aliphatic heterocycles. The van der Waals surface area contributed by atoms with Crippen molar-refractivity contribution in [3.63, 3.8) is 0 Å². The molecule has 4 rings (SSSR count). The molecule has 1 aliphatic carbocycles. The second-order valence-electron chi connectivity index (χ2n) is 7.48. The third kappa shape index (κ3) is 5.27. The van der Waals surface area contributed by atoms with Crippen LogP contribution in [0.3, 0.4) is 0 Å². The average molecular weight is 433 g/mol. The standard InChI is InChI=1S/C25H24N2O3S/c1-17(28)30-20-11-7-10-19(14-20)16-27-25-23(21-12-5-6-13-22(21)31-25)24(29)26-15-18-8-3-2-4-9-18/h2-4,7-11,14,16H,5-6,12-13,15H2,1H3,(H,26,29). The Hall–Kier alpha value is -3.25. The molecule has 31 heavy (non-hydrogen) atoms. The number of thiophene rings is 1. The van der Waals surface area contributed by atoms with Crippen molar-refractivity contribution >= 4 is 34.4 Å². The molecule has 0 atom stereocenters. The van der Waals surface area contributed by atoms with Crippen LogP contribution in [-0.2, 0) is 24.2 Å². The van der Waals surface area contributed by atoms with E-state index in [0.717, 1.165) is 47.4 Å². The number of hydrogen-bond donors (Lipinski definition) is 1. The van der Waals surface area contributed by atoms with Crippen LogP contribution in [0.4, 0.5) is 5.00 Å². The summed E-state index contributed by atoms with van der Waals surface area (Å²) in [5.74, 6) is 0.0317. The summed E-state index contributed by atoms with van der Waals surface area (Å²) in [5.41, 5.74) is 3.71. The Morgan fingerprint density at radius 3 is 2.71 bits per heavy atom. The van der Waals surface area contributed by atoms with Crippen molar-refractivity contribution in [2.75, 3.05) is 0 Å². The first-order chi connectivity index (χ1) is 15.1. The molecule has 2 aromatic carbocycles. The zero-order valence-electron chi connectivity index (χ0n) is 17.4. The fourth-order valence-corrected chi connectivity index (χ4v) is 4.93. The summed E-state index contributed by atoms with van der Waals surface area (Å²) in [5, 5.41) is 3.79. The molecule has 0 fully saturated rings. The van der Waals surface area contributed by atoms with Crippen LogP contribution in [0.25, 0.3) is 0 Å². The van der Waals surface area contributed by atoms with E-state index in [9.17, 15) is 9.59 Å². The summed E-state index contributed by atoms with van der Waals surface area (Å²) in [4.78, 5) is 30.3. The van der Waals surface area contributed by atoms with Gasteiger partial charge in [0.2, 0.25) is 0 Å². The van der Waals surface area contributed by atoms with Crippen molar-refractivity contribution in [2.45, 2.75) is 39.2 Å². The van der Waals surface area contributed by atoms with Crippen molar-refractivity contribution in [2.24, 2.45) is 4.99 Å². The molecule has 0 saturated heterocycles. The van der Waals surface area contributed by atoms with E-state index in [1.807, 2.05) is 42.5 Å². The summed E-state index contributed by atoms with van der Waals surface area (Å²) in [6, 6.07) is 17.1. The Labute approximate surface area is 185 Å². The molecule has 158 valence electrons. The Bertz CT molecular complexity index is 1120. The minimum Gasteiger partial charge on any atom is -0.427 e. The first kappa shape index (κ1) is 21.0. The minimum atomic E-state index is -0.364. The quantitative estimate of drug-likeness (QED) is 0.329. The summed E-state index contributed by atoms with van der Waals surface area (Å²) >= 11 is 1.60. The number of aliphatic imine (C=N–C) groups is 1. The van der Waals surface area contributed by atoms with Gasteiger partial charge < -0.3 is 10.1 Å². The zero-order valence-corrected chi connectivity index (χ0v) is 18.2. The summed E-state index contributed by atoms with van der Waals surface area (Å²) in [7, 11) is 0. The molecule has 0 radical (unpaired) electrons. The molecule has 0 bridgehead atoms. The fourth-order valence-electron chi connectivity index (χ4n) is 3.70. The van der Waals surface area contributed by atoms with Crippen molar-refractivity contribution in [3.05, 3.63) is 81.7 Å². The molecule has 1 aliphatic rings. The summed E-state index contributed by atoms with van der Waals surface area (Å²) < 4.78 is 5.15. The lowest BCUT2D eigenvalue weighted by Gasteiger charge is -2.12. The van der Waals surface area contributed by atoms with Gasteiger partial charge in [0.1, 0.15) is 10.8 Å². The lowest BCUT2D eigenvalue weighted by molar-refractivity contribution is -0.131. The molecule has 6 heteroatoms. The Balaban J connectivity index is 1.59. The predicted octanol–water partition coefficient (Wildman–Crippen LogP) is 5.23. The van der Waals surface area contributed by atoms with E-state index in [-0.39, 0.29) is 11.9 Å². The first-order valence-corrected chi connectivity index (χ1v) is 11.2. The van der Waals surface area contributed by atoms with Crippen molar-refractivity contribution < 1.29 is 14.3 Å². The Kier molecular flexibility index (Phi) is 6.57. The second kappa shape index (κ2) is 9.71. The number of ether oxygens (including phenoxy) is 1. The Morgan fingerprint density at radius 2 is 1.90 bits per heavy atom. The van der Waals surface area contributed by atoms with E-state index in [0.29, 0.717) is 17.9 Å². The number of aryl methyl sites for hydroxylation is 1. The zero-order chi connectivity index (χ0) is 21.6. The molecule has 1 heterocycles. The van der Waals surface area contributed by atoms with Crippen LogP contribution in [0.2, 0.25) is 0 Å². The topological polar surface area (TPSA) is 67.8 Å². The highest BCUT2D eigenvalue weighted by Crippen LogP contribution is 2.39. The van der Waals surface area contributed by atoms with E-state index >= 15 is 0 Å². The number of carbonyl (C=O) groups is 2. The molecule has 1 N–H and O–H groups in total. The lowest BCUT2D eigenvalue weighted by Crippen LogP contribution is -2.24. The number of nitrogens with one attached hydrogen (secondary N) is 1. The van der Waals surface area contributed by atoms with Gasteiger partial charge in [-0.3, -0.25) is 9.59 Å². The van der Waals surface area contributed by atoms with Crippen LogP contribution in [0.1, 0.15) is 51.7 Å². The van der Waals surface area contributed by atoms with Gasteiger partial charge in [-0.15, -0.1) is 11.3 Å². The van der Waals surface area contributed by atoms with Crippen molar-refractivity contribution in [1.82, 2.24) is 5.32 Å². The van der Waals surface area contributed by atoms with Gasteiger partial charge >= 0.3 is 5.97 Å². The molecule has 3 aromatic rings. The third-order valence-electron chi connectivity index (χ3n) is 5.13. The van der Waals surface area contributed by atoms with Crippen LogP contribution in [0, 0.1) is 0 Å². The van der Waals surface area contributed by atoms with E-state index < -0.39 is 0 Å². The van der Waals surface area contributed by atoms with Gasteiger partial charge in [0, 0.05) is 24.6 Å². The lowest BCUT2D eigenvalue weighted by atomic mass is 9.95. The van der Waals surface area contributed by atoms with E-state index in [2.05, 4.69) is 10.3 Å². The maximum absolute atomic E-state index is 13.1. The summed E-state index contributed by atoms with van der Waals surface area (Å²) in [6.45, 7) is 1.86. The van der Waals surface area contributed by atoms with Crippen LogP contribution in [0.5, 0.6) is 5.75 Å². The molecular formula is C25H24N2O3S. The van der Waals surface area contributed by atoms with Gasteiger partial charge in [-0.25, -0.2) is 4.99 Å². The number of fused-ring (bicyclic) bond motifs is 1. The Morgan fingerprint density at radius 1 is 1.10 bits per heavy atom. The van der Waals surface area contributed by atoms with Crippen LogP contribution in [-0.4, -0.2) is 18.1 Å². The number of benzene rings is 2. The highest BCUT2D eigenvalue weighted by Gasteiger charge is 2.25. The van der Waals surface area contributed by atoms with Gasteiger partial charge in [0.05, 0.1) is 5.56 Å². The highest BCUT2D eigenvalue weighted by atomic mass is 32.1. The minimum absolute atomic E-state index is 0.0796. The van der Waals surface area contributed by atoms with Crippen molar-refractivity contribution in [1.29, 1.82) is 0 Å². The SMILES string of the molecule is CC(=O)Oc1cccc(C=Nc2sc3c(c2C(=O)NCc2ccccc2)CCCC3)c1. The van der Waals surface area contributed by atoms with E-state index in [4.69, 9.17) is 4.74 Å². The highest BCUT2D eigenvalue weighted by molar-refractivity contribution is 7.16. The normalized spacial score (nSPS) is 13.1. The van der Waals surface area contributed by atoms with Crippen LogP contribution in [0.15, 0.2) is 59.6 Å². The second-order valence-corrected chi connectivity index (χ2v) is 8.57. The molecule has 5 nitrogen and oxygen atoms in total. The number of esters is 1. The summed E-state index contributed by atoms with van der Waals surface area (Å²) in [6.07, 6.45) is 5.87. The van der Waals surface area contributed by atoms with Gasteiger partial charge in [-0.2, -0.15) is 0 Å². The fraction of sp³-hybridized carbons (Fsp3) is 0.240. The smallest absolute Gasteiger partial charge is 0.308 e. The first-order valence-electron chi connectivity index (χ1n) is 10.4. The van der Waals surface area contributed by atoms with Gasteiger partial charge in [0.25, 0.3) is 5.91 Å². The van der Waals surface area contributed by atoms with E-state index in [1.165, 1.54) is 11.8 Å². The van der Waals surface area contributed by atoms with Gasteiger partial charge in [0.15, 0.2) is 0 Å². The molecule has 0 saturated carbocycles. The maximum atomic E-state index is 13.1. The molecule has 1 aromatic heterocycles. The van der Waals surface area contributed by atoms with Crippen molar-refractivity contribution in [3.8, 4) is 5.75 Å². The average Bonchev–Trinajstić information content (AvgIpc) is 3.15. The number of carbonyl (C=O) groups excluding carboxylic acids is 2. The maximum Gasteiger partial charge on any atom is 0.308 e.